The van der Waals surface area contributed by atoms with Crippen LogP contribution >= 0.6 is 0 Å². The zero-order valence-corrected chi connectivity index (χ0v) is 9.44. The first-order valence-corrected chi connectivity index (χ1v) is 5.55. The Bertz CT molecular complexity index is 94.1. The van der Waals surface area contributed by atoms with Crippen LogP contribution in [0.25, 0.3) is 0 Å². The standard InChI is InChI=1S/C11H25NO/c1-4-5-6-7-12-8-9-13-10-11(2)3/h11-12H,4-10H2,1-3H3. The second-order valence-electron chi connectivity index (χ2n) is 3.93. The number of ether oxygens (including phenoxy) is 1. The molecule has 0 radical (unpaired) electrons. The van der Waals surface area contributed by atoms with Gasteiger partial charge in [0.2, 0.25) is 0 Å². The summed E-state index contributed by atoms with van der Waals surface area (Å²) in [5, 5.41) is 3.37. The van der Waals surface area contributed by atoms with Gasteiger partial charge in [0.1, 0.15) is 0 Å². The maximum atomic E-state index is 5.44. The van der Waals surface area contributed by atoms with E-state index in [1.165, 1.54) is 19.3 Å². The van der Waals surface area contributed by atoms with Gasteiger partial charge in [-0.05, 0) is 18.9 Å². The van der Waals surface area contributed by atoms with Crippen LogP contribution in [0.3, 0.4) is 0 Å². The third-order valence-electron chi connectivity index (χ3n) is 1.83. The van der Waals surface area contributed by atoms with Crippen molar-refractivity contribution < 1.29 is 4.74 Å². The Hall–Kier alpha value is -0.0800. The van der Waals surface area contributed by atoms with Gasteiger partial charge in [0.05, 0.1) is 6.61 Å². The molecule has 0 bridgehead atoms. The molecule has 0 unspecified atom stereocenters. The number of rotatable bonds is 9. The van der Waals surface area contributed by atoms with Gasteiger partial charge in [-0.1, -0.05) is 33.6 Å². The van der Waals surface area contributed by atoms with E-state index in [0.29, 0.717) is 5.92 Å². The average Bonchev–Trinajstić information content (AvgIpc) is 2.09. The van der Waals surface area contributed by atoms with E-state index < -0.39 is 0 Å². The highest BCUT2D eigenvalue weighted by molar-refractivity contribution is 4.47. The maximum absolute atomic E-state index is 5.44. The molecule has 0 aromatic carbocycles. The molecule has 80 valence electrons. The first-order chi connectivity index (χ1) is 6.27. The monoisotopic (exact) mass is 187 g/mol. The molecule has 0 aromatic heterocycles. The molecular formula is C11H25NO. The molecule has 0 aliphatic carbocycles. The largest absolute Gasteiger partial charge is 0.380 e. The van der Waals surface area contributed by atoms with Crippen molar-refractivity contribution >= 4 is 0 Å². The zero-order valence-electron chi connectivity index (χ0n) is 9.44. The number of nitrogens with one attached hydrogen (secondary N) is 1. The fourth-order valence-electron chi connectivity index (χ4n) is 1.09. The van der Waals surface area contributed by atoms with E-state index in [1.807, 2.05) is 0 Å². The van der Waals surface area contributed by atoms with Gasteiger partial charge < -0.3 is 10.1 Å². The highest BCUT2D eigenvalue weighted by atomic mass is 16.5. The molecule has 0 fully saturated rings. The third kappa shape index (κ3) is 11.9. The van der Waals surface area contributed by atoms with Crippen LogP contribution in [-0.4, -0.2) is 26.3 Å². The van der Waals surface area contributed by atoms with E-state index in [9.17, 15) is 0 Å². The molecule has 0 aliphatic heterocycles. The van der Waals surface area contributed by atoms with Gasteiger partial charge in [0.15, 0.2) is 0 Å². The van der Waals surface area contributed by atoms with E-state index in [-0.39, 0.29) is 0 Å². The Morgan fingerprint density at radius 3 is 2.54 bits per heavy atom. The van der Waals surface area contributed by atoms with Gasteiger partial charge in [0, 0.05) is 13.2 Å². The second kappa shape index (κ2) is 10.0. The fraction of sp³-hybridized carbons (Fsp3) is 1.00. The second-order valence-corrected chi connectivity index (χ2v) is 3.93. The van der Waals surface area contributed by atoms with Gasteiger partial charge in [-0.25, -0.2) is 0 Å². The topological polar surface area (TPSA) is 21.3 Å². The minimum Gasteiger partial charge on any atom is -0.380 e. The Balaban J connectivity index is 2.84. The summed E-state index contributed by atoms with van der Waals surface area (Å²) in [5.74, 6) is 0.653. The summed E-state index contributed by atoms with van der Waals surface area (Å²) < 4.78 is 5.44. The summed E-state index contributed by atoms with van der Waals surface area (Å²) in [7, 11) is 0. The van der Waals surface area contributed by atoms with E-state index in [4.69, 9.17) is 4.74 Å². The number of hydrogen-bond acceptors (Lipinski definition) is 2. The Labute approximate surface area is 83.1 Å². The smallest absolute Gasteiger partial charge is 0.0591 e. The highest BCUT2D eigenvalue weighted by Gasteiger charge is 1.92. The lowest BCUT2D eigenvalue weighted by atomic mass is 10.2. The molecule has 0 aliphatic rings. The first kappa shape index (κ1) is 12.9. The highest BCUT2D eigenvalue weighted by Crippen LogP contribution is 1.92. The molecule has 0 atom stereocenters. The lowest BCUT2D eigenvalue weighted by Crippen LogP contribution is -2.21. The van der Waals surface area contributed by atoms with Crippen LogP contribution in [-0.2, 0) is 4.74 Å². The third-order valence-corrected chi connectivity index (χ3v) is 1.83. The first-order valence-electron chi connectivity index (χ1n) is 5.55. The number of unbranched alkanes of at least 4 members (excludes halogenated alkanes) is 2. The molecule has 1 N–H and O–H groups in total. The molecule has 13 heavy (non-hydrogen) atoms. The van der Waals surface area contributed by atoms with Crippen molar-refractivity contribution in [2.24, 2.45) is 5.92 Å². The van der Waals surface area contributed by atoms with Crippen LogP contribution in [0.15, 0.2) is 0 Å². The van der Waals surface area contributed by atoms with Gasteiger partial charge in [-0.15, -0.1) is 0 Å². The molecule has 2 heteroatoms. The van der Waals surface area contributed by atoms with Crippen molar-refractivity contribution in [3.63, 3.8) is 0 Å². The summed E-state index contributed by atoms with van der Waals surface area (Å²) in [6, 6.07) is 0. The molecule has 0 saturated carbocycles. The molecule has 0 amide bonds. The molecule has 0 spiro atoms. The summed E-state index contributed by atoms with van der Waals surface area (Å²) in [4.78, 5) is 0. The minimum absolute atomic E-state index is 0.653. The van der Waals surface area contributed by atoms with Crippen LogP contribution in [0.2, 0.25) is 0 Å². The molecule has 0 aromatic rings. The summed E-state index contributed by atoms with van der Waals surface area (Å²) in [5.41, 5.74) is 0. The summed E-state index contributed by atoms with van der Waals surface area (Å²) >= 11 is 0. The zero-order chi connectivity index (χ0) is 9.94. The van der Waals surface area contributed by atoms with Crippen molar-refractivity contribution in [3.8, 4) is 0 Å². The predicted molar refractivity (Wildman–Crippen MR) is 58.1 cm³/mol. The maximum Gasteiger partial charge on any atom is 0.0591 e. The van der Waals surface area contributed by atoms with Crippen LogP contribution in [0.4, 0.5) is 0 Å². The SMILES string of the molecule is CCCCCNCCOCC(C)C. The fourth-order valence-corrected chi connectivity index (χ4v) is 1.09. The summed E-state index contributed by atoms with van der Waals surface area (Å²) in [6.07, 6.45) is 3.92. The van der Waals surface area contributed by atoms with Crippen LogP contribution in [0.1, 0.15) is 40.0 Å². The van der Waals surface area contributed by atoms with Gasteiger partial charge in [0.25, 0.3) is 0 Å². The van der Waals surface area contributed by atoms with Gasteiger partial charge in [-0.3, -0.25) is 0 Å². The molecule has 2 nitrogen and oxygen atoms in total. The van der Waals surface area contributed by atoms with E-state index in [2.05, 4.69) is 26.1 Å². The van der Waals surface area contributed by atoms with Crippen LogP contribution in [0, 0.1) is 5.92 Å². The molecular weight excluding hydrogens is 162 g/mol. The number of hydrogen-bond donors (Lipinski definition) is 1. The minimum atomic E-state index is 0.653. The lowest BCUT2D eigenvalue weighted by Gasteiger charge is -2.07. The van der Waals surface area contributed by atoms with Gasteiger partial charge >= 0.3 is 0 Å². The molecule has 0 saturated heterocycles. The predicted octanol–water partition coefficient (Wildman–Crippen LogP) is 2.44. The molecule has 0 rings (SSSR count). The van der Waals surface area contributed by atoms with Crippen LogP contribution in [0.5, 0.6) is 0 Å². The van der Waals surface area contributed by atoms with Crippen molar-refractivity contribution in [2.45, 2.75) is 40.0 Å². The van der Waals surface area contributed by atoms with Crippen molar-refractivity contribution in [1.82, 2.24) is 5.32 Å². The Morgan fingerprint density at radius 2 is 1.92 bits per heavy atom. The molecule has 0 heterocycles. The van der Waals surface area contributed by atoms with Crippen LogP contribution < -0.4 is 5.32 Å². The van der Waals surface area contributed by atoms with Gasteiger partial charge in [-0.2, -0.15) is 0 Å². The van der Waals surface area contributed by atoms with E-state index in [0.717, 1.165) is 26.3 Å². The quantitative estimate of drug-likeness (QED) is 0.560. The lowest BCUT2D eigenvalue weighted by molar-refractivity contribution is 0.112. The Kier molecular flexibility index (Phi) is 9.94. The normalized spacial score (nSPS) is 11.1. The van der Waals surface area contributed by atoms with Crippen molar-refractivity contribution in [3.05, 3.63) is 0 Å². The van der Waals surface area contributed by atoms with E-state index >= 15 is 0 Å². The Morgan fingerprint density at radius 1 is 1.15 bits per heavy atom. The summed E-state index contributed by atoms with van der Waals surface area (Å²) in [6.45, 7) is 10.4. The van der Waals surface area contributed by atoms with E-state index in [1.54, 1.807) is 0 Å². The van der Waals surface area contributed by atoms with Crippen molar-refractivity contribution in [1.29, 1.82) is 0 Å². The van der Waals surface area contributed by atoms with Crippen molar-refractivity contribution in [2.75, 3.05) is 26.3 Å². The average molecular weight is 187 g/mol.